The van der Waals surface area contributed by atoms with Crippen LogP contribution in [0, 0.1) is 19.8 Å². The maximum atomic E-state index is 12.8. The largest absolute Gasteiger partial charge is 0.462 e. The van der Waals surface area contributed by atoms with E-state index in [9.17, 15) is 4.79 Å². The number of rotatable bonds is 4. The molecule has 3 heterocycles. The number of aromatic nitrogens is 1. The lowest BCUT2D eigenvalue weighted by Crippen LogP contribution is -2.46. The third-order valence-electron chi connectivity index (χ3n) is 6.43. The van der Waals surface area contributed by atoms with E-state index in [-0.39, 0.29) is 5.97 Å². The SMILES string of the molecule is CCOC(=O)c1cnc2c(C)c(C)ccc2c1N1CC(C)C(N2CCOCC2)C1. The summed E-state index contributed by atoms with van der Waals surface area (Å²) in [6.45, 7) is 14.1. The van der Waals surface area contributed by atoms with Crippen LogP contribution >= 0.6 is 0 Å². The molecule has 156 valence electrons. The van der Waals surface area contributed by atoms with Crippen molar-refractivity contribution < 1.29 is 14.3 Å². The first-order chi connectivity index (χ1) is 14.0. The molecule has 0 aliphatic carbocycles. The number of aryl methyl sites for hydroxylation is 2. The van der Waals surface area contributed by atoms with Crippen molar-refractivity contribution in [2.24, 2.45) is 5.92 Å². The number of anilines is 1. The van der Waals surface area contributed by atoms with Crippen LogP contribution in [0.15, 0.2) is 18.3 Å². The van der Waals surface area contributed by atoms with Crippen molar-refractivity contribution in [2.45, 2.75) is 33.7 Å². The number of hydrogen-bond donors (Lipinski definition) is 0. The van der Waals surface area contributed by atoms with Crippen LogP contribution < -0.4 is 4.90 Å². The normalized spacial score (nSPS) is 23.0. The molecule has 0 saturated carbocycles. The molecule has 1 aromatic carbocycles. The second-order valence-corrected chi connectivity index (χ2v) is 8.24. The number of fused-ring (bicyclic) bond motifs is 1. The van der Waals surface area contributed by atoms with E-state index in [1.807, 2.05) is 6.92 Å². The van der Waals surface area contributed by atoms with E-state index < -0.39 is 0 Å². The first-order valence-corrected chi connectivity index (χ1v) is 10.6. The summed E-state index contributed by atoms with van der Waals surface area (Å²) in [6, 6.07) is 4.69. The van der Waals surface area contributed by atoms with Gasteiger partial charge < -0.3 is 14.4 Å². The molecule has 29 heavy (non-hydrogen) atoms. The number of esters is 1. The van der Waals surface area contributed by atoms with E-state index >= 15 is 0 Å². The molecule has 2 atom stereocenters. The molecule has 2 saturated heterocycles. The third kappa shape index (κ3) is 3.71. The number of carbonyl (C=O) groups excluding carboxylic acids is 1. The Kier molecular flexibility index (Phi) is 5.74. The van der Waals surface area contributed by atoms with Gasteiger partial charge >= 0.3 is 5.97 Å². The monoisotopic (exact) mass is 397 g/mol. The highest BCUT2D eigenvalue weighted by molar-refractivity contribution is 6.06. The van der Waals surface area contributed by atoms with Gasteiger partial charge in [0.05, 0.1) is 31.0 Å². The summed E-state index contributed by atoms with van der Waals surface area (Å²) in [5, 5.41) is 1.04. The molecule has 6 nitrogen and oxygen atoms in total. The summed E-state index contributed by atoms with van der Waals surface area (Å²) in [5.74, 6) is 0.218. The van der Waals surface area contributed by atoms with Crippen LogP contribution in [0.4, 0.5) is 5.69 Å². The fraction of sp³-hybridized carbons (Fsp3) is 0.565. The molecule has 6 heteroatoms. The predicted octanol–water partition coefficient (Wildman–Crippen LogP) is 3.19. The van der Waals surface area contributed by atoms with Crippen molar-refractivity contribution in [1.29, 1.82) is 0 Å². The van der Waals surface area contributed by atoms with Gasteiger partial charge in [-0.25, -0.2) is 4.79 Å². The number of pyridine rings is 1. The maximum Gasteiger partial charge on any atom is 0.341 e. The second kappa shape index (κ2) is 8.28. The standard InChI is InChI=1S/C23H31N3O3/c1-5-29-23(27)19-12-24-21-17(4)15(2)6-7-18(21)22(19)26-13-16(3)20(14-26)25-8-10-28-11-9-25/h6-7,12,16,20H,5,8-11,13-14H2,1-4H3. The van der Waals surface area contributed by atoms with Gasteiger partial charge in [-0.2, -0.15) is 0 Å². The van der Waals surface area contributed by atoms with Crippen molar-refractivity contribution in [1.82, 2.24) is 9.88 Å². The molecule has 0 radical (unpaired) electrons. The van der Waals surface area contributed by atoms with Crippen LogP contribution in [-0.2, 0) is 9.47 Å². The Morgan fingerprint density at radius 3 is 2.72 bits per heavy atom. The summed E-state index contributed by atoms with van der Waals surface area (Å²) in [6.07, 6.45) is 1.70. The van der Waals surface area contributed by atoms with Gasteiger partial charge in [0.2, 0.25) is 0 Å². The highest BCUT2D eigenvalue weighted by Gasteiger charge is 2.37. The minimum Gasteiger partial charge on any atom is -0.462 e. The molecular formula is C23H31N3O3. The summed E-state index contributed by atoms with van der Waals surface area (Å²) in [5.41, 5.74) is 4.88. The van der Waals surface area contributed by atoms with E-state index in [4.69, 9.17) is 9.47 Å². The van der Waals surface area contributed by atoms with Gasteiger partial charge in [0.25, 0.3) is 0 Å². The molecule has 1 aromatic heterocycles. The van der Waals surface area contributed by atoms with Crippen LogP contribution in [0.2, 0.25) is 0 Å². The highest BCUT2D eigenvalue weighted by Crippen LogP contribution is 2.36. The Labute approximate surface area is 172 Å². The Bertz CT molecular complexity index is 908. The van der Waals surface area contributed by atoms with Crippen LogP contribution in [0.3, 0.4) is 0 Å². The molecule has 2 unspecified atom stereocenters. The number of nitrogens with zero attached hydrogens (tertiary/aromatic N) is 3. The van der Waals surface area contributed by atoms with E-state index in [1.165, 1.54) is 5.56 Å². The molecule has 2 aromatic rings. The molecule has 2 aliphatic heterocycles. The molecule has 0 bridgehead atoms. The number of ether oxygens (including phenoxy) is 2. The molecule has 2 fully saturated rings. The molecule has 0 N–H and O–H groups in total. The average Bonchev–Trinajstić information content (AvgIpc) is 3.12. The minimum absolute atomic E-state index is 0.294. The third-order valence-corrected chi connectivity index (χ3v) is 6.43. The van der Waals surface area contributed by atoms with Gasteiger partial charge in [-0.1, -0.05) is 19.1 Å². The lowest BCUT2D eigenvalue weighted by atomic mass is 10.0. The van der Waals surface area contributed by atoms with E-state index in [2.05, 4.69) is 47.7 Å². The Morgan fingerprint density at radius 2 is 2.00 bits per heavy atom. The minimum atomic E-state index is -0.294. The Hall–Kier alpha value is -2.18. The Balaban J connectivity index is 1.77. The average molecular weight is 398 g/mol. The highest BCUT2D eigenvalue weighted by atomic mass is 16.5. The Morgan fingerprint density at radius 1 is 1.24 bits per heavy atom. The van der Waals surface area contributed by atoms with Crippen molar-refractivity contribution >= 4 is 22.6 Å². The summed E-state index contributed by atoms with van der Waals surface area (Å²) >= 11 is 0. The van der Waals surface area contributed by atoms with Gasteiger partial charge in [-0.05, 0) is 37.8 Å². The summed E-state index contributed by atoms with van der Waals surface area (Å²) in [7, 11) is 0. The molecule has 4 rings (SSSR count). The van der Waals surface area contributed by atoms with Gasteiger partial charge in [-0.3, -0.25) is 9.88 Å². The van der Waals surface area contributed by atoms with Crippen LogP contribution in [0.5, 0.6) is 0 Å². The number of benzene rings is 1. The maximum absolute atomic E-state index is 12.8. The number of morpholine rings is 1. The second-order valence-electron chi connectivity index (χ2n) is 8.24. The van der Waals surface area contributed by atoms with Crippen molar-refractivity contribution in [3.8, 4) is 0 Å². The van der Waals surface area contributed by atoms with Crippen molar-refractivity contribution in [3.05, 3.63) is 35.0 Å². The first-order valence-electron chi connectivity index (χ1n) is 10.6. The van der Waals surface area contributed by atoms with Crippen LogP contribution in [-0.4, -0.2) is 67.9 Å². The number of hydrogen-bond acceptors (Lipinski definition) is 6. The molecule has 2 aliphatic rings. The molecule has 0 spiro atoms. The lowest BCUT2D eigenvalue weighted by molar-refractivity contribution is 0.0134. The quantitative estimate of drug-likeness (QED) is 0.739. The van der Waals surface area contributed by atoms with E-state index in [1.54, 1.807) is 6.20 Å². The fourth-order valence-corrected chi connectivity index (χ4v) is 4.71. The van der Waals surface area contributed by atoms with Gasteiger partial charge in [0, 0.05) is 43.8 Å². The first kappa shape index (κ1) is 20.1. The zero-order valence-corrected chi connectivity index (χ0v) is 17.9. The van der Waals surface area contributed by atoms with Gasteiger partial charge in [0.15, 0.2) is 0 Å². The van der Waals surface area contributed by atoms with Gasteiger partial charge in [-0.15, -0.1) is 0 Å². The van der Waals surface area contributed by atoms with Gasteiger partial charge in [0.1, 0.15) is 5.56 Å². The summed E-state index contributed by atoms with van der Waals surface area (Å²) < 4.78 is 10.9. The smallest absolute Gasteiger partial charge is 0.341 e. The number of carbonyl (C=O) groups is 1. The fourth-order valence-electron chi connectivity index (χ4n) is 4.71. The van der Waals surface area contributed by atoms with Crippen LogP contribution in [0.1, 0.15) is 35.3 Å². The zero-order chi connectivity index (χ0) is 20.5. The van der Waals surface area contributed by atoms with Crippen molar-refractivity contribution in [3.63, 3.8) is 0 Å². The zero-order valence-electron chi connectivity index (χ0n) is 17.9. The van der Waals surface area contributed by atoms with E-state index in [0.717, 1.165) is 61.5 Å². The molecular weight excluding hydrogens is 366 g/mol. The van der Waals surface area contributed by atoms with Crippen molar-refractivity contribution in [2.75, 3.05) is 50.9 Å². The molecule has 0 amide bonds. The van der Waals surface area contributed by atoms with E-state index in [0.29, 0.717) is 24.1 Å². The lowest BCUT2D eigenvalue weighted by Gasteiger charge is -2.34. The topological polar surface area (TPSA) is 54.9 Å². The summed E-state index contributed by atoms with van der Waals surface area (Å²) in [4.78, 5) is 22.3. The predicted molar refractivity (Wildman–Crippen MR) is 115 cm³/mol. The van der Waals surface area contributed by atoms with Crippen LogP contribution in [0.25, 0.3) is 10.9 Å².